The molecule has 7 nitrogen and oxygen atoms in total. The minimum Gasteiger partial charge on any atom is -0.494 e. The molecule has 8 heteroatoms. The van der Waals surface area contributed by atoms with Gasteiger partial charge in [0.15, 0.2) is 5.11 Å². The summed E-state index contributed by atoms with van der Waals surface area (Å²) < 4.78 is 11.0. The van der Waals surface area contributed by atoms with Crippen molar-refractivity contribution in [3.05, 3.63) is 59.7 Å². The number of carbonyl (C=O) groups is 2. The Hall–Kier alpha value is -2.97. The van der Waals surface area contributed by atoms with Crippen LogP contribution in [0.4, 0.5) is 5.69 Å². The van der Waals surface area contributed by atoms with Crippen molar-refractivity contribution in [3.8, 4) is 5.75 Å². The first-order chi connectivity index (χ1) is 15.4. The van der Waals surface area contributed by atoms with Crippen LogP contribution in [-0.4, -0.2) is 54.7 Å². The second-order valence-electron chi connectivity index (χ2n) is 7.91. The van der Waals surface area contributed by atoms with Crippen LogP contribution in [0, 0.1) is 5.92 Å². The number of hydrogen-bond donors (Lipinski definition) is 2. The van der Waals surface area contributed by atoms with Crippen molar-refractivity contribution in [2.75, 3.05) is 38.2 Å². The lowest BCUT2D eigenvalue weighted by Crippen LogP contribution is -2.41. The topological polar surface area (TPSA) is 79.9 Å². The van der Waals surface area contributed by atoms with E-state index in [0.717, 1.165) is 12.2 Å². The van der Waals surface area contributed by atoms with Crippen LogP contribution in [0.1, 0.15) is 41.0 Å². The smallest absolute Gasteiger partial charge is 0.257 e. The fourth-order valence-electron chi connectivity index (χ4n) is 3.16. The third-order valence-corrected chi connectivity index (χ3v) is 5.22. The van der Waals surface area contributed by atoms with Gasteiger partial charge in [0.05, 0.1) is 31.1 Å². The van der Waals surface area contributed by atoms with Gasteiger partial charge >= 0.3 is 0 Å². The summed E-state index contributed by atoms with van der Waals surface area (Å²) in [6.45, 7) is 7.07. The fourth-order valence-corrected chi connectivity index (χ4v) is 3.36. The van der Waals surface area contributed by atoms with Gasteiger partial charge in [-0.2, -0.15) is 0 Å². The van der Waals surface area contributed by atoms with Gasteiger partial charge < -0.3 is 19.7 Å². The van der Waals surface area contributed by atoms with E-state index < -0.39 is 0 Å². The van der Waals surface area contributed by atoms with E-state index in [1.54, 1.807) is 53.4 Å². The van der Waals surface area contributed by atoms with Crippen LogP contribution in [0.25, 0.3) is 0 Å². The molecule has 0 unspecified atom stereocenters. The molecule has 2 aromatic carbocycles. The van der Waals surface area contributed by atoms with E-state index in [0.29, 0.717) is 55.6 Å². The standard InChI is InChI=1S/C24H29N3O4S/c1-17(2)11-14-31-19-9-7-18(8-10-19)22(28)26-24(32)25-21-6-4-3-5-20(21)23(29)27-12-15-30-16-13-27/h3-10,17H,11-16H2,1-2H3,(H2,25,26,28,32). The summed E-state index contributed by atoms with van der Waals surface area (Å²) in [6, 6.07) is 14.0. The molecule has 2 aromatic rings. The number of para-hydroxylation sites is 1. The lowest BCUT2D eigenvalue weighted by Gasteiger charge is -2.27. The highest BCUT2D eigenvalue weighted by Crippen LogP contribution is 2.18. The number of benzene rings is 2. The van der Waals surface area contributed by atoms with Gasteiger partial charge in [0, 0.05) is 18.7 Å². The Morgan fingerprint density at radius 2 is 1.78 bits per heavy atom. The maximum Gasteiger partial charge on any atom is 0.257 e. The molecule has 1 saturated heterocycles. The van der Waals surface area contributed by atoms with E-state index in [4.69, 9.17) is 21.7 Å². The van der Waals surface area contributed by atoms with Gasteiger partial charge in [-0.15, -0.1) is 0 Å². The molecule has 32 heavy (non-hydrogen) atoms. The van der Waals surface area contributed by atoms with Crippen molar-refractivity contribution in [3.63, 3.8) is 0 Å². The summed E-state index contributed by atoms with van der Waals surface area (Å²) in [5, 5.41) is 5.76. The number of nitrogens with zero attached hydrogens (tertiary/aromatic N) is 1. The van der Waals surface area contributed by atoms with Crippen molar-refractivity contribution in [2.45, 2.75) is 20.3 Å². The van der Waals surface area contributed by atoms with E-state index in [2.05, 4.69) is 24.5 Å². The molecule has 2 amide bonds. The Balaban J connectivity index is 1.57. The van der Waals surface area contributed by atoms with Crippen molar-refractivity contribution in [1.29, 1.82) is 0 Å². The SMILES string of the molecule is CC(C)CCOc1ccc(C(=O)NC(=S)Nc2ccccc2C(=O)N2CCOCC2)cc1. The molecule has 0 radical (unpaired) electrons. The molecule has 0 spiro atoms. The van der Waals surface area contributed by atoms with E-state index in [9.17, 15) is 9.59 Å². The first kappa shape index (κ1) is 23.7. The number of hydrogen-bond acceptors (Lipinski definition) is 5. The molecule has 1 aliphatic rings. The largest absolute Gasteiger partial charge is 0.494 e. The molecule has 1 heterocycles. The van der Waals surface area contributed by atoms with E-state index in [1.165, 1.54) is 0 Å². The number of nitrogens with one attached hydrogen (secondary N) is 2. The molecule has 0 aliphatic carbocycles. The molecule has 170 valence electrons. The van der Waals surface area contributed by atoms with Gasteiger partial charge in [0.1, 0.15) is 5.75 Å². The number of anilines is 1. The molecule has 3 rings (SSSR count). The molecule has 0 aromatic heterocycles. The second-order valence-corrected chi connectivity index (χ2v) is 8.32. The normalized spacial score (nSPS) is 13.5. The maximum atomic E-state index is 12.9. The molecule has 1 fully saturated rings. The molecular weight excluding hydrogens is 426 g/mol. The van der Waals surface area contributed by atoms with Crippen LogP contribution < -0.4 is 15.4 Å². The van der Waals surface area contributed by atoms with Crippen LogP contribution in [0.3, 0.4) is 0 Å². The summed E-state index contributed by atoms with van der Waals surface area (Å²) in [5.41, 5.74) is 1.50. The van der Waals surface area contributed by atoms with Crippen molar-refractivity contribution in [1.82, 2.24) is 10.2 Å². The van der Waals surface area contributed by atoms with Gasteiger partial charge in [-0.3, -0.25) is 14.9 Å². The van der Waals surface area contributed by atoms with Gasteiger partial charge in [0.2, 0.25) is 0 Å². The number of amides is 2. The lowest BCUT2D eigenvalue weighted by atomic mass is 10.1. The zero-order valence-electron chi connectivity index (χ0n) is 18.4. The van der Waals surface area contributed by atoms with Gasteiger partial charge in [-0.25, -0.2) is 0 Å². The van der Waals surface area contributed by atoms with Gasteiger partial charge in [0.25, 0.3) is 11.8 Å². The number of thiocarbonyl (C=S) groups is 1. The zero-order valence-corrected chi connectivity index (χ0v) is 19.2. The van der Waals surface area contributed by atoms with Gasteiger partial charge in [-0.05, 0) is 61.0 Å². The van der Waals surface area contributed by atoms with Crippen LogP contribution >= 0.6 is 12.2 Å². The van der Waals surface area contributed by atoms with E-state index >= 15 is 0 Å². The van der Waals surface area contributed by atoms with Crippen LogP contribution in [0.15, 0.2) is 48.5 Å². The molecule has 1 aliphatic heterocycles. The predicted octanol–water partition coefficient (Wildman–Crippen LogP) is 3.71. The Kier molecular flexibility index (Phi) is 8.58. The molecule has 0 bridgehead atoms. The van der Waals surface area contributed by atoms with E-state index in [-0.39, 0.29) is 16.9 Å². The summed E-state index contributed by atoms with van der Waals surface area (Å²) >= 11 is 5.31. The lowest BCUT2D eigenvalue weighted by molar-refractivity contribution is 0.0303. The minimum absolute atomic E-state index is 0.0985. The fraction of sp³-hybridized carbons (Fsp3) is 0.375. The van der Waals surface area contributed by atoms with E-state index in [1.807, 2.05) is 0 Å². The van der Waals surface area contributed by atoms with Crippen molar-refractivity contribution < 1.29 is 19.1 Å². The summed E-state index contributed by atoms with van der Waals surface area (Å²) in [7, 11) is 0. The highest BCUT2D eigenvalue weighted by molar-refractivity contribution is 7.80. The minimum atomic E-state index is -0.340. The number of rotatable bonds is 7. The first-order valence-electron chi connectivity index (χ1n) is 10.8. The third kappa shape index (κ3) is 6.77. The van der Waals surface area contributed by atoms with Crippen molar-refractivity contribution >= 4 is 34.8 Å². The summed E-state index contributed by atoms with van der Waals surface area (Å²) in [4.78, 5) is 27.2. The first-order valence-corrected chi connectivity index (χ1v) is 11.2. The van der Waals surface area contributed by atoms with Crippen molar-refractivity contribution in [2.24, 2.45) is 5.92 Å². The number of ether oxygens (including phenoxy) is 2. The number of morpholine rings is 1. The Labute approximate surface area is 194 Å². The Morgan fingerprint density at radius 3 is 2.47 bits per heavy atom. The summed E-state index contributed by atoms with van der Waals surface area (Å²) in [5.74, 6) is 0.855. The van der Waals surface area contributed by atoms with Crippen LogP contribution in [0.2, 0.25) is 0 Å². The van der Waals surface area contributed by atoms with Crippen LogP contribution in [-0.2, 0) is 4.74 Å². The molecule has 0 saturated carbocycles. The highest BCUT2D eigenvalue weighted by atomic mass is 32.1. The van der Waals surface area contributed by atoms with Gasteiger partial charge in [-0.1, -0.05) is 26.0 Å². The quantitative estimate of drug-likeness (QED) is 0.620. The maximum absolute atomic E-state index is 12.9. The summed E-state index contributed by atoms with van der Waals surface area (Å²) in [6.07, 6.45) is 0.970. The molecular formula is C24H29N3O4S. The molecule has 2 N–H and O–H groups in total. The third-order valence-electron chi connectivity index (χ3n) is 5.01. The monoisotopic (exact) mass is 455 g/mol. The van der Waals surface area contributed by atoms with Crippen LogP contribution in [0.5, 0.6) is 5.75 Å². The average Bonchev–Trinajstić information content (AvgIpc) is 2.79. The Morgan fingerprint density at radius 1 is 1.09 bits per heavy atom. The average molecular weight is 456 g/mol. The zero-order chi connectivity index (χ0) is 22.9. The number of carbonyl (C=O) groups excluding carboxylic acids is 2. The highest BCUT2D eigenvalue weighted by Gasteiger charge is 2.21. The second kappa shape index (κ2) is 11.6. The Bertz CT molecular complexity index is 941. The predicted molar refractivity (Wildman–Crippen MR) is 128 cm³/mol. The molecule has 0 atom stereocenters.